The zero-order chi connectivity index (χ0) is 12.4. The summed E-state index contributed by atoms with van der Waals surface area (Å²) in [5.74, 6) is 0. The van der Waals surface area contributed by atoms with Crippen LogP contribution in [0.15, 0.2) is 38.6 Å². The van der Waals surface area contributed by atoms with Gasteiger partial charge in [0.2, 0.25) is 0 Å². The Kier molecular flexibility index (Phi) is 4.66. The highest BCUT2D eigenvalue weighted by Gasteiger charge is 2.14. The Balaban J connectivity index is 2.20. The zero-order valence-electron chi connectivity index (χ0n) is 8.66. The Morgan fingerprint density at radius 2 is 2.00 bits per heavy atom. The number of thiophene rings is 1. The van der Waals surface area contributed by atoms with Gasteiger partial charge in [-0.15, -0.1) is 11.3 Å². The number of halogens is 3. The molecule has 0 saturated carbocycles. The predicted octanol–water partition coefficient (Wildman–Crippen LogP) is 5.20. The molecule has 0 aliphatic rings. The fraction of sp³-hybridized carbons (Fsp3) is 0.167. The molecule has 0 saturated heterocycles. The van der Waals surface area contributed by atoms with Gasteiger partial charge in [0.05, 0.1) is 14.9 Å². The van der Waals surface area contributed by atoms with E-state index in [1.807, 2.05) is 30.3 Å². The largest absolute Gasteiger partial charge is 0.388 e. The van der Waals surface area contributed by atoms with Crippen LogP contribution in [0, 0.1) is 0 Å². The molecule has 0 aliphatic heterocycles. The molecule has 0 spiro atoms. The van der Waals surface area contributed by atoms with Gasteiger partial charge in [0.15, 0.2) is 0 Å². The second-order valence-corrected chi connectivity index (χ2v) is 7.35. The molecule has 1 nitrogen and oxygen atoms in total. The lowest BCUT2D eigenvalue weighted by Gasteiger charge is -2.12. The van der Waals surface area contributed by atoms with Crippen molar-refractivity contribution in [3.63, 3.8) is 0 Å². The van der Waals surface area contributed by atoms with E-state index in [0.29, 0.717) is 11.4 Å². The van der Waals surface area contributed by atoms with Crippen LogP contribution in [0.2, 0.25) is 5.02 Å². The number of rotatable bonds is 3. The summed E-state index contributed by atoms with van der Waals surface area (Å²) in [7, 11) is 0. The lowest BCUT2D eigenvalue weighted by Crippen LogP contribution is -2.01. The average Bonchev–Trinajstić information content (AvgIpc) is 2.68. The minimum atomic E-state index is -0.578. The maximum Gasteiger partial charge on any atom is 0.0853 e. The first-order valence-electron chi connectivity index (χ1n) is 4.94. The van der Waals surface area contributed by atoms with Gasteiger partial charge in [-0.05, 0) is 50.1 Å². The SMILES string of the molecule is OC(Cc1ccc(Br)s1)c1cccc(Br)c1Cl. The number of hydrogen-bond donors (Lipinski definition) is 1. The number of aliphatic hydroxyl groups excluding tert-OH is 1. The second-order valence-electron chi connectivity index (χ2n) is 3.57. The molecule has 0 radical (unpaired) electrons. The van der Waals surface area contributed by atoms with Crippen molar-refractivity contribution in [2.24, 2.45) is 0 Å². The standard InChI is InChI=1S/C12H9Br2ClOS/c13-9-3-1-2-8(12(9)15)10(16)6-7-4-5-11(14)17-7/h1-5,10,16H,6H2. The Morgan fingerprint density at radius 1 is 1.24 bits per heavy atom. The van der Waals surface area contributed by atoms with Crippen LogP contribution in [-0.4, -0.2) is 5.11 Å². The van der Waals surface area contributed by atoms with E-state index >= 15 is 0 Å². The lowest BCUT2D eigenvalue weighted by molar-refractivity contribution is 0.179. The van der Waals surface area contributed by atoms with E-state index in [1.165, 1.54) is 0 Å². The maximum atomic E-state index is 10.2. The van der Waals surface area contributed by atoms with Gasteiger partial charge >= 0.3 is 0 Å². The third-order valence-corrected chi connectivity index (χ3v) is 5.32. The van der Waals surface area contributed by atoms with Crippen molar-refractivity contribution in [1.29, 1.82) is 0 Å². The number of hydrogen-bond acceptors (Lipinski definition) is 2. The molecule has 2 aromatic rings. The summed E-state index contributed by atoms with van der Waals surface area (Å²) >= 11 is 14.5. The van der Waals surface area contributed by atoms with E-state index in [0.717, 1.165) is 18.7 Å². The van der Waals surface area contributed by atoms with Crippen molar-refractivity contribution >= 4 is 54.8 Å². The molecule has 1 aromatic heterocycles. The van der Waals surface area contributed by atoms with Gasteiger partial charge in [0, 0.05) is 21.3 Å². The molecule has 0 bridgehead atoms. The van der Waals surface area contributed by atoms with Gasteiger partial charge in [-0.1, -0.05) is 23.7 Å². The summed E-state index contributed by atoms with van der Waals surface area (Å²) in [5.41, 5.74) is 0.755. The van der Waals surface area contributed by atoms with E-state index in [2.05, 4.69) is 31.9 Å². The van der Waals surface area contributed by atoms with Gasteiger partial charge in [-0.25, -0.2) is 0 Å². The van der Waals surface area contributed by atoms with Gasteiger partial charge in [0.1, 0.15) is 0 Å². The quantitative estimate of drug-likeness (QED) is 0.756. The predicted molar refractivity (Wildman–Crippen MR) is 79.8 cm³/mol. The Labute approximate surface area is 126 Å². The van der Waals surface area contributed by atoms with Crippen molar-refractivity contribution in [2.45, 2.75) is 12.5 Å². The highest BCUT2D eigenvalue weighted by Crippen LogP contribution is 2.33. The molecule has 90 valence electrons. The highest BCUT2D eigenvalue weighted by molar-refractivity contribution is 9.11. The van der Waals surface area contributed by atoms with Crippen LogP contribution in [0.1, 0.15) is 16.5 Å². The molecule has 0 amide bonds. The molecule has 1 heterocycles. The Morgan fingerprint density at radius 3 is 2.65 bits per heavy atom. The van der Waals surface area contributed by atoms with Crippen LogP contribution in [0.25, 0.3) is 0 Å². The lowest BCUT2D eigenvalue weighted by atomic mass is 10.1. The first-order valence-corrected chi connectivity index (χ1v) is 7.72. The van der Waals surface area contributed by atoms with Crippen LogP contribution in [-0.2, 0) is 6.42 Å². The molecular formula is C12H9Br2ClOS. The summed E-state index contributed by atoms with van der Waals surface area (Å²) in [4.78, 5) is 1.13. The van der Waals surface area contributed by atoms with Crippen molar-refractivity contribution < 1.29 is 5.11 Å². The first kappa shape index (κ1) is 13.6. The van der Waals surface area contributed by atoms with E-state index in [1.54, 1.807) is 11.3 Å². The van der Waals surface area contributed by atoms with Crippen LogP contribution in [0.5, 0.6) is 0 Å². The average molecular weight is 397 g/mol. The molecule has 17 heavy (non-hydrogen) atoms. The zero-order valence-corrected chi connectivity index (χ0v) is 13.4. The molecular weight excluding hydrogens is 387 g/mol. The van der Waals surface area contributed by atoms with Crippen LogP contribution in [0.4, 0.5) is 0 Å². The van der Waals surface area contributed by atoms with Crippen molar-refractivity contribution in [3.8, 4) is 0 Å². The number of benzene rings is 1. The summed E-state index contributed by atoms with van der Waals surface area (Å²) < 4.78 is 1.88. The topological polar surface area (TPSA) is 20.2 Å². The van der Waals surface area contributed by atoms with Crippen LogP contribution in [0.3, 0.4) is 0 Å². The summed E-state index contributed by atoms with van der Waals surface area (Å²) in [6.45, 7) is 0. The summed E-state index contributed by atoms with van der Waals surface area (Å²) in [5, 5.41) is 10.8. The van der Waals surface area contributed by atoms with Crippen molar-refractivity contribution in [3.05, 3.63) is 54.1 Å². The molecule has 0 fully saturated rings. The molecule has 1 unspecified atom stereocenters. The second kappa shape index (κ2) is 5.85. The highest BCUT2D eigenvalue weighted by atomic mass is 79.9. The van der Waals surface area contributed by atoms with Crippen molar-refractivity contribution in [1.82, 2.24) is 0 Å². The van der Waals surface area contributed by atoms with Gasteiger partial charge < -0.3 is 5.11 Å². The Hall–Kier alpha value is 0.130. The fourth-order valence-electron chi connectivity index (χ4n) is 1.54. The van der Waals surface area contributed by atoms with E-state index in [4.69, 9.17) is 11.6 Å². The molecule has 0 aliphatic carbocycles. The molecule has 1 aromatic carbocycles. The normalized spacial score (nSPS) is 12.7. The van der Waals surface area contributed by atoms with Gasteiger partial charge in [0.25, 0.3) is 0 Å². The minimum Gasteiger partial charge on any atom is -0.388 e. The van der Waals surface area contributed by atoms with E-state index in [-0.39, 0.29) is 0 Å². The summed E-state index contributed by atoms with van der Waals surface area (Å²) in [6, 6.07) is 9.57. The van der Waals surface area contributed by atoms with Crippen LogP contribution >= 0.6 is 54.8 Å². The Bertz CT molecular complexity index is 527. The monoisotopic (exact) mass is 394 g/mol. The van der Waals surface area contributed by atoms with E-state index in [9.17, 15) is 5.11 Å². The molecule has 2 rings (SSSR count). The molecule has 1 atom stereocenters. The van der Waals surface area contributed by atoms with Crippen LogP contribution < -0.4 is 0 Å². The third kappa shape index (κ3) is 3.32. The third-order valence-electron chi connectivity index (χ3n) is 2.36. The molecule has 1 N–H and O–H groups in total. The van der Waals surface area contributed by atoms with Crippen molar-refractivity contribution in [2.75, 3.05) is 0 Å². The fourth-order valence-corrected chi connectivity index (χ4v) is 3.69. The minimum absolute atomic E-state index is 0.576. The van der Waals surface area contributed by atoms with Gasteiger partial charge in [-0.3, -0.25) is 0 Å². The van der Waals surface area contributed by atoms with Gasteiger partial charge in [-0.2, -0.15) is 0 Å². The maximum absolute atomic E-state index is 10.2. The first-order chi connectivity index (χ1) is 8.08. The molecule has 5 heteroatoms. The van der Waals surface area contributed by atoms with E-state index < -0.39 is 6.10 Å². The summed E-state index contributed by atoms with van der Waals surface area (Å²) in [6.07, 6.45) is -0.00236. The smallest absolute Gasteiger partial charge is 0.0853 e. The number of aliphatic hydroxyl groups is 1.